The zero-order valence-corrected chi connectivity index (χ0v) is 18.1. The fourth-order valence-electron chi connectivity index (χ4n) is 3.42. The molecule has 1 unspecified atom stereocenters. The van der Waals surface area contributed by atoms with E-state index >= 15 is 0 Å². The average Bonchev–Trinajstić information content (AvgIpc) is 3.23. The van der Waals surface area contributed by atoms with E-state index in [1.807, 2.05) is 0 Å². The molecule has 0 saturated carbocycles. The molecule has 166 valence electrons. The quantitative estimate of drug-likeness (QED) is 0.445. The first-order chi connectivity index (χ1) is 14.7. The summed E-state index contributed by atoms with van der Waals surface area (Å²) in [6.45, 7) is 2.43. The minimum absolute atomic E-state index is 0.0351. The fourth-order valence-corrected chi connectivity index (χ4v) is 4.24. The monoisotopic (exact) mass is 452 g/mol. The molecule has 7 nitrogen and oxygen atoms in total. The van der Waals surface area contributed by atoms with Crippen LogP contribution in [0.15, 0.2) is 30.3 Å². The van der Waals surface area contributed by atoms with Crippen molar-refractivity contribution >= 4 is 28.8 Å². The highest BCUT2D eigenvalue weighted by atomic mass is 32.2. The molecule has 1 aromatic heterocycles. The highest BCUT2D eigenvalue weighted by Gasteiger charge is 2.28. The van der Waals surface area contributed by atoms with Crippen LogP contribution in [0.5, 0.6) is 5.75 Å². The number of hydrogen-bond acceptors (Lipinski definition) is 6. The molecule has 0 N–H and O–H groups in total. The van der Waals surface area contributed by atoms with Gasteiger partial charge in [0.25, 0.3) is 5.24 Å². The molecule has 1 atom stereocenters. The van der Waals surface area contributed by atoms with Crippen LogP contribution in [0.4, 0.5) is 13.6 Å². The zero-order chi connectivity index (χ0) is 22.7. The highest BCUT2D eigenvalue weighted by molar-refractivity contribution is 8.13. The minimum Gasteiger partial charge on any atom is -0.453 e. The number of rotatable bonds is 8. The lowest BCUT2D eigenvalue weighted by Crippen LogP contribution is -2.34. The van der Waals surface area contributed by atoms with Crippen LogP contribution in [0.2, 0.25) is 0 Å². The fraction of sp³-hybridized carbons (Fsp3) is 0.381. The Morgan fingerprint density at radius 2 is 1.87 bits per heavy atom. The third-order valence-corrected chi connectivity index (χ3v) is 5.75. The predicted octanol–water partition coefficient (Wildman–Crippen LogP) is 3.98. The van der Waals surface area contributed by atoms with Crippen LogP contribution in [0.3, 0.4) is 0 Å². The third-order valence-electron chi connectivity index (χ3n) is 4.86. The second-order valence-corrected chi connectivity index (χ2v) is 8.07. The maximum Gasteiger partial charge on any atom is 0.387 e. The largest absolute Gasteiger partial charge is 0.453 e. The molecule has 1 aromatic carbocycles. The Labute approximate surface area is 182 Å². The van der Waals surface area contributed by atoms with Gasteiger partial charge in [-0.25, -0.2) is 0 Å². The van der Waals surface area contributed by atoms with Crippen molar-refractivity contribution < 1.29 is 32.6 Å². The lowest BCUT2D eigenvalue weighted by Gasteiger charge is -2.17. The van der Waals surface area contributed by atoms with Crippen LogP contribution in [0, 0.1) is 13.8 Å². The van der Waals surface area contributed by atoms with Crippen LogP contribution in [0.1, 0.15) is 28.7 Å². The number of halogens is 2. The summed E-state index contributed by atoms with van der Waals surface area (Å²) < 4.78 is 36.1. The van der Waals surface area contributed by atoms with Gasteiger partial charge in [0.2, 0.25) is 5.78 Å². The minimum atomic E-state index is -2.91. The molecule has 31 heavy (non-hydrogen) atoms. The first-order valence-electron chi connectivity index (χ1n) is 9.57. The van der Waals surface area contributed by atoms with Crippen LogP contribution in [0.25, 0.3) is 5.69 Å². The normalized spacial score (nSPS) is 14.8. The average molecular weight is 452 g/mol. The molecular formula is C21H22F2N2O5S. The Hall–Kier alpha value is -2.88. The molecule has 2 aromatic rings. The van der Waals surface area contributed by atoms with Crippen molar-refractivity contribution in [2.75, 3.05) is 18.8 Å². The molecule has 0 radical (unpaired) electrons. The number of aryl methyl sites for hydroxylation is 1. The molecule has 1 fully saturated rings. The van der Waals surface area contributed by atoms with E-state index < -0.39 is 18.7 Å². The molecule has 1 aliphatic heterocycles. The van der Waals surface area contributed by atoms with Crippen molar-refractivity contribution in [1.29, 1.82) is 0 Å². The van der Waals surface area contributed by atoms with E-state index in [0.717, 1.165) is 17.5 Å². The van der Waals surface area contributed by atoms with Crippen LogP contribution >= 0.6 is 11.8 Å². The molecule has 1 amide bonds. The number of esters is 1. The maximum atomic E-state index is 12.9. The smallest absolute Gasteiger partial charge is 0.387 e. The number of benzene rings is 1. The summed E-state index contributed by atoms with van der Waals surface area (Å²) in [5.74, 6) is -0.345. The van der Waals surface area contributed by atoms with Crippen molar-refractivity contribution in [2.24, 2.45) is 0 Å². The number of amides is 1. The number of thioether (sulfide) groups is 1. The summed E-state index contributed by atoms with van der Waals surface area (Å²) in [7, 11) is 0. The van der Waals surface area contributed by atoms with Crippen molar-refractivity contribution in [3.05, 3.63) is 47.3 Å². The van der Waals surface area contributed by atoms with Crippen molar-refractivity contribution in [2.45, 2.75) is 33.5 Å². The second kappa shape index (κ2) is 9.51. The van der Waals surface area contributed by atoms with E-state index in [-0.39, 0.29) is 23.3 Å². The number of carbonyl (C=O) groups excluding carboxylic acids is 3. The van der Waals surface area contributed by atoms with Gasteiger partial charge in [-0.15, -0.1) is 0 Å². The Balaban J connectivity index is 1.72. The van der Waals surface area contributed by atoms with Crippen LogP contribution in [-0.2, 0) is 9.53 Å². The van der Waals surface area contributed by atoms with Gasteiger partial charge in [-0.3, -0.25) is 14.4 Å². The van der Waals surface area contributed by atoms with Crippen molar-refractivity contribution in [3.63, 3.8) is 0 Å². The Kier molecular flexibility index (Phi) is 6.99. The number of hydrogen-bond donors (Lipinski definition) is 0. The van der Waals surface area contributed by atoms with Crippen molar-refractivity contribution in [3.8, 4) is 11.4 Å². The van der Waals surface area contributed by atoms with Gasteiger partial charge in [0.1, 0.15) is 12.3 Å². The number of aromatic nitrogens is 1. The first-order valence-corrected chi connectivity index (χ1v) is 10.6. The molecule has 10 heteroatoms. The van der Waals surface area contributed by atoms with Gasteiger partial charge in [-0.05, 0) is 51.1 Å². The molecular weight excluding hydrogens is 430 g/mol. The summed E-state index contributed by atoms with van der Waals surface area (Å²) in [5.41, 5.74) is 2.43. The summed E-state index contributed by atoms with van der Waals surface area (Å²) >= 11 is 1.14. The molecule has 3 rings (SSSR count). The second-order valence-electron chi connectivity index (χ2n) is 7.02. The summed E-state index contributed by atoms with van der Waals surface area (Å²) in [4.78, 5) is 38.0. The molecule has 0 bridgehead atoms. The van der Waals surface area contributed by atoms with E-state index in [4.69, 9.17) is 4.74 Å². The standard InChI is InChI=1S/C21H22F2N2O5S/c1-12-10-17(13(2)25(12)15-4-6-16(7-5-15)30-20(22)23)19(27)14(3)29-18(26)11-24-8-9-31-21(24)28/h4-7,10,14,20H,8-9,11H2,1-3H3. The Morgan fingerprint density at radius 3 is 2.45 bits per heavy atom. The number of ether oxygens (including phenoxy) is 2. The summed E-state index contributed by atoms with van der Waals surface area (Å²) in [6.07, 6.45) is -1.02. The van der Waals surface area contributed by atoms with Crippen LogP contribution < -0.4 is 4.74 Å². The Bertz CT molecular complexity index is 990. The van der Waals surface area contributed by atoms with E-state index in [1.54, 1.807) is 36.6 Å². The molecule has 1 saturated heterocycles. The Morgan fingerprint density at radius 1 is 1.19 bits per heavy atom. The lowest BCUT2D eigenvalue weighted by atomic mass is 10.1. The molecule has 1 aliphatic rings. The number of ketones is 1. The van der Waals surface area contributed by atoms with E-state index in [2.05, 4.69) is 4.74 Å². The number of Topliss-reactive ketones (excluding diaryl/α,β-unsaturated/α-hetero) is 1. The van der Waals surface area contributed by atoms with Gasteiger partial charge < -0.3 is 18.9 Å². The van der Waals surface area contributed by atoms with E-state index in [9.17, 15) is 23.2 Å². The van der Waals surface area contributed by atoms with E-state index in [1.165, 1.54) is 24.0 Å². The van der Waals surface area contributed by atoms with Gasteiger partial charge >= 0.3 is 12.6 Å². The summed E-state index contributed by atoms with van der Waals surface area (Å²) in [5, 5.41) is -0.176. The van der Waals surface area contributed by atoms with Gasteiger partial charge in [0, 0.05) is 34.9 Å². The van der Waals surface area contributed by atoms with Gasteiger partial charge in [-0.2, -0.15) is 8.78 Å². The van der Waals surface area contributed by atoms with Gasteiger partial charge in [0.15, 0.2) is 6.10 Å². The molecule has 0 aliphatic carbocycles. The van der Waals surface area contributed by atoms with Gasteiger partial charge in [-0.1, -0.05) is 11.8 Å². The molecule has 0 spiro atoms. The van der Waals surface area contributed by atoms with E-state index in [0.29, 0.717) is 29.2 Å². The van der Waals surface area contributed by atoms with Gasteiger partial charge in [0.05, 0.1) is 0 Å². The SMILES string of the molecule is Cc1cc(C(=O)C(C)OC(=O)CN2CCSC2=O)c(C)n1-c1ccc(OC(F)F)cc1. The number of carbonyl (C=O) groups is 3. The lowest BCUT2D eigenvalue weighted by molar-refractivity contribution is -0.146. The zero-order valence-electron chi connectivity index (χ0n) is 17.3. The third kappa shape index (κ3) is 5.25. The maximum absolute atomic E-state index is 12.9. The highest BCUT2D eigenvalue weighted by Crippen LogP contribution is 2.25. The first kappa shape index (κ1) is 22.8. The van der Waals surface area contributed by atoms with Crippen LogP contribution in [-0.4, -0.2) is 58.0 Å². The summed E-state index contributed by atoms with van der Waals surface area (Å²) in [6, 6.07) is 7.75. The topological polar surface area (TPSA) is 77.8 Å². The predicted molar refractivity (Wildman–Crippen MR) is 111 cm³/mol. The molecule has 2 heterocycles. The number of nitrogens with zero attached hydrogens (tertiary/aromatic N) is 2. The number of alkyl halides is 2. The van der Waals surface area contributed by atoms with Crippen molar-refractivity contribution in [1.82, 2.24) is 9.47 Å².